The number of hydroxylamine groups is 2. The molecule has 0 bridgehead atoms. The molecule has 0 spiro atoms. The van der Waals surface area contributed by atoms with Crippen molar-refractivity contribution in [1.82, 2.24) is 26.3 Å². The second-order valence-electron chi connectivity index (χ2n) is 20.0. The van der Waals surface area contributed by atoms with Gasteiger partial charge in [-0.1, -0.05) is 148 Å². The summed E-state index contributed by atoms with van der Waals surface area (Å²) in [6.45, 7) is 19.6. The first-order chi connectivity index (χ1) is 33.8. The molecule has 7 amide bonds. The van der Waals surface area contributed by atoms with Gasteiger partial charge in [-0.3, -0.25) is 33.6 Å². The van der Waals surface area contributed by atoms with Gasteiger partial charge >= 0.3 is 5.97 Å². The number of primary amides is 1. The number of carbonyl (C=O) groups excluding carboxylic acids is 8. The number of benzene rings is 3. The fraction of sp³-hybridized carbons (Fsp3) is 0.509. The van der Waals surface area contributed by atoms with E-state index in [-0.39, 0.29) is 85.6 Å². The molecule has 1 saturated heterocycles. The van der Waals surface area contributed by atoms with E-state index in [1.807, 2.05) is 148 Å². The van der Waals surface area contributed by atoms with Crippen LogP contribution in [0.25, 0.3) is 0 Å². The van der Waals surface area contributed by atoms with E-state index in [1.54, 1.807) is 0 Å². The lowest BCUT2D eigenvalue weighted by molar-refractivity contribution is -0.197. The molecule has 0 radical (unpaired) electrons. The number of rotatable bonds is 25. The second-order valence-corrected chi connectivity index (χ2v) is 29.1. The van der Waals surface area contributed by atoms with Crippen LogP contribution in [0.2, 0.25) is 22.2 Å². The monoisotopic (exact) mass is 1030 g/mol. The summed E-state index contributed by atoms with van der Waals surface area (Å²) in [4.78, 5) is 125. The second kappa shape index (κ2) is 28.3. The number of nitrogens with one attached hydrogen (secondary N) is 4. The fourth-order valence-electron chi connectivity index (χ4n) is 8.74. The molecule has 3 aromatic carbocycles. The summed E-state index contributed by atoms with van der Waals surface area (Å²) in [5, 5.41) is 13.1. The molecule has 1 aliphatic rings. The molecule has 2 atom stereocenters. The predicted molar refractivity (Wildman–Crippen MR) is 281 cm³/mol. The van der Waals surface area contributed by atoms with Crippen molar-refractivity contribution in [2.45, 2.75) is 155 Å². The summed E-state index contributed by atoms with van der Waals surface area (Å²) in [7, 11) is -5.33. The molecule has 1 heterocycles. The number of amides is 7. The molecule has 19 heteroatoms. The maximum absolute atomic E-state index is 13.0. The molecule has 4 rings (SSSR count). The zero-order valence-electron chi connectivity index (χ0n) is 43.7. The average Bonchev–Trinajstić information content (AvgIpc) is 3.65. The molecule has 0 unspecified atom stereocenters. The van der Waals surface area contributed by atoms with Crippen LogP contribution in [0.1, 0.15) is 118 Å². The Morgan fingerprint density at radius 1 is 0.611 bits per heavy atom. The number of carbonyl (C=O) groups is 8. The minimum absolute atomic E-state index is 0.00396. The maximum Gasteiger partial charge on any atom is 0.333 e. The summed E-state index contributed by atoms with van der Waals surface area (Å²) in [5.41, 5.74) is 8.46. The van der Waals surface area contributed by atoms with Gasteiger partial charge in [0, 0.05) is 38.6 Å². The van der Waals surface area contributed by atoms with Gasteiger partial charge in [0.1, 0.15) is 12.1 Å². The Balaban J connectivity index is 0.000000443. The van der Waals surface area contributed by atoms with Gasteiger partial charge in [0.15, 0.2) is 0 Å². The highest BCUT2D eigenvalue weighted by Gasteiger charge is 2.42. The highest BCUT2D eigenvalue weighted by molar-refractivity contribution is 6.88. The molecule has 0 aliphatic carbocycles. The van der Waals surface area contributed by atoms with Gasteiger partial charge < -0.3 is 41.4 Å². The lowest BCUT2D eigenvalue weighted by Crippen LogP contribution is -2.53. The van der Waals surface area contributed by atoms with Gasteiger partial charge in [0.05, 0.1) is 13.0 Å². The Hall–Kier alpha value is -6.03. The lowest BCUT2D eigenvalue weighted by atomic mass is 10.0. The summed E-state index contributed by atoms with van der Waals surface area (Å²) >= 11 is 0. The number of nitrogens with zero attached hydrogens (tertiary/aromatic N) is 1. The van der Waals surface area contributed by atoms with E-state index in [9.17, 15) is 47.9 Å². The third-order valence-corrected chi connectivity index (χ3v) is 22.6. The van der Waals surface area contributed by atoms with E-state index in [2.05, 4.69) is 21.3 Å². The summed E-state index contributed by atoms with van der Waals surface area (Å²) < 4.78 is 0. The molecule has 72 heavy (non-hydrogen) atoms. The SMILES string of the molecule is CC(C)[C@H](NC(=O)CCc1cccc([Si](O)(C(C)C)C(C)C)c1)C(=O)NCCC(=O)N[C@@H](Cc1ccccc1)C(=O)NCC(N)=O.CC(C)[Si](O)(c1cccc(CCC(=O)ON2C(=O)CCC2=O)c1)C(C)C. The maximum atomic E-state index is 13.0. The first-order valence-corrected chi connectivity index (χ1v) is 29.2. The van der Waals surface area contributed by atoms with E-state index in [4.69, 9.17) is 10.6 Å². The third kappa shape index (κ3) is 17.6. The van der Waals surface area contributed by atoms with Crippen molar-refractivity contribution in [2.75, 3.05) is 13.1 Å². The normalized spacial score (nSPS) is 13.7. The van der Waals surface area contributed by atoms with Gasteiger partial charge in [-0.15, -0.1) is 5.06 Å². The standard InChI is InChI=1S/C34H51N5O6Si.C19H27NO5Si/c1-22(2)32(39-30(41)16-15-26-13-10-14-27(19-26)46(45,23(3)4)24(5)6)34(44)36-18-17-31(42)38-28(33(43)37-21-29(35)40)20-25-11-8-7-9-12-25;1-13(2)26(24,14(3)4)16-7-5-6-15(12-16)8-11-19(23)25-20-17(21)9-10-18(20)22/h7-14,19,22-24,28,32,45H,15-18,20-21H2,1-6H3,(H2,35,40)(H,36,44)(H,37,43)(H,38,42)(H,39,41);5-7,12-14,24H,8-11H2,1-4H3/t28-,32-;/m0./s1. The number of aryl methyl sites for hydroxylation is 2. The van der Waals surface area contributed by atoms with E-state index in [0.717, 1.165) is 27.1 Å². The topological polar surface area (TPSA) is 264 Å². The zero-order valence-corrected chi connectivity index (χ0v) is 45.7. The predicted octanol–water partition coefficient (Wildman–Crippen LogP) is 3.75. The van der Waals surface area contributed by atoms with Crippen LogP contribution < -0.4 is 37.4 Å². The number of hydrogen-bond acceptors (Lipinski definition) is 11. The van der Waals surface area contributed by atoms with E-state index in [0.29, 0.717) is 17.9 Å². The third-order valence-electron chi connectivity index (χ3n) is 13.0. The Kier molecular flexibility index (Phi) is 23.7. The largest absolute Gasteiger partial charge is 0.427 e. The molecule has 0 saturated carbocycles. The highest BCUT2D eigenvalue weighted by Crippen LogP contribution is 2.31. The van der Waals surface area contributed by atoms with Crippen molar-refractivity contribution >= 4 is 74.3 Å². The van der Waals surface area contributed by atoms with Crippen molar-refractivity contribution in [3.63, 3.8) is 0 Å². The van der Waals surface area contributed by atoms with Gasteiger partial charge in [-0.05, 0) is 68.0 Å². The van der Waals surface area contributed by atoms with Crippen LogP contribution in [0.3, 0.4) is 0 Å². The van der Waals surface area contributed by atoms with Crippen LogP contribution in [0.15, 0.2) is 78.9 Å². The first-order valence-electron chi connectivity index (χ1n) is 25.0. The van der Waals surface area contributed by atoms with Crippen LogP contribution in [-0.4, -0.2) is 104 Å². The van der Waals surface area contributed by atoms with E-state index >= 15 is 0 Å². The van der Waals surface area contributed by atoms with Crippen LogP contribution in [-0.2, 0) is 62.5 Å². The molecule has 1 fully saturated rings. The molecule has 3 aromatic rings. The molecule has 17 nitrogen and oxygen atoms in total. The van der Waals surface area contributed by atoms with Crippen LogP contribution >= 0.6 is 0 Å². The van der Waals surface area contributed by atoms with E-state index in [1.165, 1.54) is 0 Å². The van der Waals surface area contributed by atoms with Gasteiger partial charge in [0.25, 0.3) is 11.8 Å². The number of imide groups is 1. The van der Waals surface area contributed by atoms with Gasteiger partial charge in [0.2, 0.25) is 46.2 Å². The first kappa shape index (κ1) is 60.3. The average molecular weight is 1030 g/mol. The van der Waals surface area contributed by atoms with Gasteiger partial charge in [-0.25, -0.2) is 4.79 Å². The van der Waals surface area contributed by atoms with Crippen LogP contribution in [0, 0.1) is 5.92 Å². The zero-order chi connectivity index (χ0) is 53.9. The molecular formula is C53H78N6O11Si2. The van der Waals surface area contributed by atoms with Crippen molar-refractivity contribution < 1.29 is 52.8 Å². The minimum Gasteiger partial charge on any atom is -0.427 e. The molecule has 1 aliphatic heterocycles. The van der Waals surface area contributed by atoms with Crippen molar-refractivity contribution in [2.24, 2.45) is 11.7 Å². The summed E-state index contributed by atoms with van der Waals surface area (Å²) in [6, 6.07) is 22.9. The summed E-state index contributed by atoms with van der Waals surface area (Å²) in [5.74, 6) is -4.18. The van der Waals surface area contributed by atoms with Crippen LogP contribution in [0.4, 0.5) is 0 Å². The fourth-order valence-corrected chi connectivity index (χ4v) is 15.6. The number of nitrogens with two attached hydrogens (primary N) is 1. The molecular weight excluding hydrogens is 953 g/mol. The Labute approximate surface area is 427 Å². The minimum atomic E-state index is -2.70. The Bertz CT molecular complexity index is 2310. The smallest absolute Gasteiger partial charge is 0.333 e. The van der Waals surface area contributed by atoms with Gasteiger partial charge in [-0.2, -0.15) is 0 Å². The van der Waals surface area contributed by atoms with Crippen LogP contribution in [0.5, 0.6) is 0 Å². The Morgan fingerprint density at radius 3 is 1.56 bits per heavy atom. The highest BCUT2D eigenvalue weighted by atomic mass is 28.4. The molecule has 394 valence electrons. The molecule has 8 N–H and O–H groups in total. The number of hydrogen-bond donors (Lipinski definition) is 7. The summed E-state index contributed by atoms with van der Waals surface area (Å²) in [6.07, 6.45) is 1.39. The Morgan fingerprint density at radius 2 is 1.08 bits per heavy atom. The van der Waals surface area contributed by atoms with Crippen molar-refractivity contribution in [3.8, 4) is 0 Å². The van der Waals surface area contributed by atoms with Crippen molar-refractivity contribution in [1.29, 1.82) is 0 Å². The van der Waals surface area contributed by atoms with E-state index < -0.39 is 70.1 Å². The van der Waals surface area contributed by atoms with Crippen molar-refractivity contribution in [3.05, 3.63) is 95.6 Å². The quantitative estimate of drug-likeness (QED) is 0.0475. The lowest BCUT2D eigenvalue weighted by Gasteiger charge is -2.34. The molecule has 0 aromatic heterocycles.